The summed E-state index contributed by atoms with van der Waals surface area (Å²) in [6.07, 6.45) is 0.253. The van der Waals surface area contributed by atoms with Crippen molar-refractivity contribution < 1.29 is 24.2 Å². The highest BCUT2D eigenvalue weighted by Gasteiger charge is 2.33. The van der Waals surface area contributed by atoms with Gasteiger partial charge in [0.1, 0.15) is 12.6 Å². The quantitative estimate of drug-likeness (QED) is 0.503. The Hall–Kier alpha value is -3.35. The molecule has 1 aliphatic carbocycles. The lowest BCUT2D eigenvalue weighted by Gasteiger charge is -2.28. The molecule has 2 amide bonds. The highest BCUT2D eigenvalue weighted by atomic mass is 16.5. The topological polar surface area (TPSA) is 105 Å². The van der Waals surface area contributed by atoms with Gasteiger partial charge in [0.05, 0.1) is 0 Å². The molecule has 2 atom stereocenters. The number of carboxylic acid groups (broad SMARTS) is 1. The molecule has 7 nitrogen and oxygen atoms in total. The van der Waals surface area contributed by atoms with Gasteiger partial charge in [-0.2, -0.15) is 0 Å². The first kappa shape index (κ1) is 25.3. The molecule has 0 aromatic heterocycles. The third-order valence-electron chi connectivity index (χ3n) is 6.35. The van der Waals surface area contributed by atoms with Gasteiger partial charge in [-0.3, -0.25) is 4.79 Å². The normalized spacial score (nSPS) is 14.5. The van der Waals surface area contributed by atoms with Crippen LogP contribution >= 0.6 is 0 Å². The average molecular weight is 467 g/mol. The Balaban J connectivity index is 1.52. The van der Waals surface area contributed by atoms with Crippen molar-refractivity contribution in [2.24, 2.45) is 11.3 Å². The average Bonchev–Trinajstić information content (AvgIpc) is 3.11. The Morgan fingerprint density at radius 2 is 1.56 bits per heavy atom. The van der Waals surface area contributed by atoms with Crippen LogP contribution in [0.3, 0.4) is 0 Å². The van der Waals surface area contributed by atoms with E-state index in [2.05, 4.69) is 34.9 Å². The smallest absolute Gasteiger partial charge is 0.407 e. The molecule has 0 radical (unpaired) electrons. The fraction of sp³-hybridized carbons (Fsp3) is 0.444. The fourth-order valence-corrected chi connectivity index (χ4v) is 4.37. The van der Waals surface area contributed by atoms with Crippen LogP contribution in [0, 0.1) is 11.3 Å². The Labute approximate surface area is 200 Å². The number of hydrogen-bond acceptors (Lipinski definition) is 4. The van der Waals surface area contributed by atoms with Gasteiger partial charge < -0.3 is 20.5 Å². The molecule has 1 unspecified atom stereocenters. The number of alkyl carbamates (subject to hydrolysis) is 1. The van der Waals surface area contributed by atoms with Crippen molar-refractivity contribution in [2.45, 2.75) is 52.5 Å². The fourth-order valence-electron chi connectivity index (χ4n) is 4.37. The van der Waals surface area contributed by atoms with Crippen molar-refractivity contribution in [3.05, 3.63) is 59.7 Å². The van der Waals surface area contributed by atoms with E-state index in [4.69, 9.17) is 4.74 Å². The molecule has 0 saturated heterocycles. The number of ether oxygens (including phenoxy) is 1. The Morgan fingerprint density at radius 1 is 1.00 bits per heavy atom. The summed E-state index contributed by atoms with van der Waals surface area (Å²) in [5.41, 5.74) is 4.01. The summed E-state index contributed by atoms with van der Waals surface area (Å²) >= 11 is 0. The third kappa shape index (κ3) is 5.95. The molecule has 1 aliphatic rings. The van der Waals surface area contributed by atoms with E-state index < -0.39 is 23.5 Å². The largest absolute Gasteiger partial charge is 0.480 e. The molecule has 3 N–H and O–H groups in total. The Bertz CT molecular complexity index is 998. The van der Waals surface area contributed by atoms with Crippen molar-refractivity contribution in [1.29, 1.82) is 0 Å². The SMILES string of the molecule is CCC(CNC(=O)OCC1c2ccccc2-c2ccccc21)CC(=O)N[C@H](C(=O)O)C(C)(C)C. The zero-order valence-corrected chi connectivity index (χ0v) is 20.3. The molecule has 0 bridgehead atoms. The molecular weight excluding hydrogens is 432 g/mol. The summed E-state index contributed by atoms with van der Waals surface area (Å²) in [6.45, 7) is 7.72. The molecule has 182 valence electrons. The number of fused-ring (bicyclic) bond motifs is 3. The Kier molecular flexibility index (Phi) is 7.97. The minimum absolute atomic E-state index is 0.0174. The monoisotopic (exact) mass is 466 g/mol. The van der Waals surface area contributed by atoms with Gasteiger partial charge in [0.2, 0.25) is 5.91 Å². The standard InChI is InChI=1S/C27H34N2O5/c1-5-17(14-23(30)29-24(25(31)32)27(2,3)4)15-28-26(33)34-16-22-20-12-8-6-10-18(20)19-11-7-9-13-21(19)22/h6-13,17,22,24H,5,14-16H2,1-4H3,(H,28,33)(H,29,30)(H,31,32)/t17?,24-/m1/s1. The van der Waals surface area contributed by atoms with Crippen LogP contribution in [-0.2, 0) is 14.3 Å². The number of aliphatic carboxylic acids is 1. The predicted octanol–water partition coefficient (Wildman–Crippen LogP) is 4.56. The lowest BCUT2D eigenvalue weighted by molar-refractivity contribution is -0.145. The van der Waals surface area contributed by atoms with Crippen LogP contribution in [0.25, 0.3) is 11.1 Å². The first-order chi connectivity index (χ1) is 16.1. The molecule has 2 aromatic rings. The van der Waals surface area contributed by atoms with Gasteiger partial charge in [0, 0.05) is 18.9 Å². The molecule has 0 fully saturated rings. The van der Waals surface area contributed by atoms with Crippen LogP contribution in [0.1, 0.15) is 57.6 Å². The van der Waals surface area contributed by atoms with Crippen LogP contribution in [-0.4, -0.2) is 42.3 Å². The zero-order chi connectivity index (χ0) is 24.9. The number of nitrogens with one attached hydrogen (secondary N) is 2. The number of carbonyl (C=O) groups excluding carboxylic acids is 2. The molecule has 0 spiro atoms. The van der Waals surface area contributed by atoms with Crippen molar-refractivity contribution in [3.63, 3.8) is 0 Å². The number of carbonyl (C=O) groups is 3. The second-order valence-corrected chi connectivity index (χ2v) is 9.89. The van der Waals surface area contributed by atoms with Gasteiger partial charge in [-0.05, 0) is 33.6 Å². The van der Waals surface area contributed by atoms with E-state index in [1.54, 1.807) is 20.8 Å². The van der Waals surface area contributed by atoms with Gasteiger partial charge in [-0.15, -0.1) is 0 Å². The van der Waals surface area contributed by atoms with E-state index in [-0.39, 0.29) is 37.3 Å². The van der Waals surface area contributed by atoms with Gasteiger partial charge >= 0.3 is 12.1 Å². The first-order valence-corrected chi connectivity index (χ1v) is 11.7. The van der Waals surface area contributed by atoms with Crippen LogP contribution in [0.5, 0.6) is 0 Å². The molecule has 2 aromatic carbocycles. The molecule has 3 rings (SSSR count). The summed E-state index contributed by atoms with van der Waals surface area (Å²) in [5.74, 6) is -1.56. The second-order valence-electron chi connectivity index (χ2n) is 9.89. The Morgan fingerprint density at radius 3 is 2.06 bits per heavy atom. The second kappa shape index (κ2) is 10.7. The van der Waals surface area contributed by atoms with E-state index >= 15 is 0 Å². The number of benzene rings is 2. The molecular formula is C27H34N2O5. The van der Waals surface area contributed by atoms with Crippen molar-refractivity contribution in [3.8, 4) is 11.1 Å². The van der Waals surface area contributed by atoms with Gasteiger partial charge in [-0.1, -0.05) is 82.6 Å². The summed E-state index contributed by atoms with van der Waals surface area (Å²) in [7, 11) is 0. The van der Waals surface area contributed by atoms with E-state index in [0.29, 0.717) is 6.42 Å². The van der Waals surface area contributed by atoms with Crippen LogP contribution < -0.4 is 10.6 Å². The molecule has 0 aliphatic heterocycles. The summed E-state index contributed by atoms with van der Waals surface area (Å²) in [5, 5.41) is 14.8. The minimum atomic E-state index is -1.06. The number of amides is 2. The van der Waals surface area contributed by atoms with Crippen molar-refractivity contribution >= 4 is 18.0 Å². The highest BCUT2D eigenvalue weighted by molar-refractivity contribution is 5.84. The lowest BCUT2D eigenvalue weighted by Crippen LogP contribution is -2.49. The van der Waals surface area contributed by atoms with Crippen LogP contribution in [0.15, 0.2) is 48.5 Å². The van der Waals surface area contributed by atoms with Gasteiger partial charge in [-0.25, -0.2) is 9.59 Å². The predicted molar refractivity (Wildman–Crippen MR) is 130 cm³/mol. The van der Waals surface area contributed by atoms with Crippen molar-refractivity contribution in [1.82, 2.24) is 10.6 Å². The molecule has 0 heterocycles. The zero-order valence-electron chi connectivity index (χ0n) is 20.3. The van der Waals surface area contributed by atoms with E-state index in [9.17, 15) is 19.5 Å². The highest BCUT2D eigenvalue weighted by Crippen LogP contribution is 2.44. The van der Waals surface area contributed by atoms with Crippen LogP contribution in [0.2, 0.25) is 0 Å². The maximum atomic E-state index is 12.4. The van der Waals surface area contributed by atoms with E-state index in [1.807, 2.05) is 31.2 Å². The summed E-state index contributed by atoms with van der Waals surface area (Å²) in [6, 6.07) is 15.3. The summed E-state index contributed by atoms with van der Waals surface area (Å²) < 4.78 is 5.55. The summed E-state index contributed by atoms with van der Waals surface area (Å²) in [4.78, 5) is 36.3. The molecule has 0 saturated carbocycles. The maximum absolute atomic E-state index is 12.4. The first-order valence-electron chi connectivity index (χ1n) is 11.7. The van der Waals surface area contributed by atoms with Gasteiger partial charge in [0.25, 0.3) is 0 Å². The van der Waals surface area contributed by atoms with Crippen molar-refractivity contribution in [2.75, 3.05) is 13.2 Å². The minimum Gasteiger partial charge on any atom is -0.480 e. The van der Waals surface area contributed by atoms with Gasteiger partial charge in [0.15, 0.2) is 0 Å². The third-order valence-corrected chi connectivity index (χ3v) is 6.35. The lowest BCUT2D eigenvalue weighted by atomic mass is 9.86. The number of carboxylic acids is 1. The number of rotatable bonds is 9. The van der Waals surface area contributed by atoms with E-state index in [0.717, 1.165) is 11.1 Å². The molecule has 34 heavy (non-hydrogen) atoms. The van der Waals surface area contributed by atoms with E-state index in [1.165, 1.54) is 11.1 Å². The maximum Gasteiger partial charge on any atom is 0.407 e. The number of hydrogen-bond donors (Lipinski definition) is 3. The molecule has 7 heteroatoms. The van der Waals surface area contributed by atoms with Crippen LogP contribution in [0.4, 0.5) is 4.79 Å².